The number of thioether (sulfide) groups is 1. The minimum absolute atomic E-state index is 0.141. The smallest absolute Gasteiger partial charge is 0.345 e. The summed E-state index contributed by atoms with van der Waals surface area (Å²) in [4.78, 5) is 57.9. The van der Waals surface area contributed by atoms with E-state index in [2.05, 4.69) is 22.2 Å². The number of nitrogens with zero attached hydrogens (tertiary/aromatic N) is 2. The quantitative estimate of drug-likeness (QED) is 0.173. The third-order valence-electron chi connectivity index (χ3n) is 6.95. The molecular formula is C32H34N4O6S. The predicted octanol–water partition coefficient (Wildman–Crippen LogP) is 2.99. The molecule has 2 heterocycles. The lowest BCUT2D eigenvalue weighted by atomic mass is 9.97. The Morgan fingerprint density at radius 3 is 2.56 bits per heavy atom. The molecule has 0 aliphatic carbocycles. The van der Waals surface area contributed by atoms with Crippen molar-refractivity contribution in [2.45, 2.75) is 43.2 Å². The molecule has 43 heavy (non-hydrogen) atoms. The van der Waals surface area contributed by atoms with Crippen molar-refractivity contribution in [3.05, 3.63) is 108 Å². The van der Waals surface area contributed by atoms with E-state index in [9.17, 15) is 24.3 Å². The number of ether oxygens (including phenoxy) is 1. The first-order chi connectivity index (χ1) is 20.6. The van der Waals surface area contributed by atoms with E-state index >= 15 is 0 Å². The maximum atomic E-state index is 13.7. The van der Waals surface area contributed by atoms with Crippen molar-refractivity contribution in [2.24, 2.45) is 0 Å². The molecule has 2 aromatic carbocycles. The second-order valence-electron chi connectivity index (χ2n) is 10.5. The number of pyridine rings is 1. The molecule has 1 fully saturated rings. The Kier molecular flexibility index (Phi) is 10.3. The minimum Gasteiger partial charge on any atom is -0.423 e. The number of amides is 3. The molecule has 1 aliphatic rings. The highest BCUT2D eigenvalue weighted by molar-refractivity contribution is 8.00. The Hall–Kier alpha value is -4.48. The molecule has 3 aromatic rings. The van der Waals surface area contributed by atoms with Crippen molar-refractivity contribution in [2.75, 3.05) is 12.4 Å². The number of hydrogen-bond donors (Lipinski definition) is 3. The largest absolute Gasteiger partial charge is 0.423 e. The van der Waals surface area contributed by atoms with Crippen LogP contribution in [0.25, 0.3) is 0 Å². The maximum Gasteiger partial charge on any atom is 0.345 e. The summed E-state index contributed by atoms with van der Waals surface area (Å²) in [5.41, 5.74) is 1.20. The SMILES string of the molecule is C=CCNC(=O)[C@H]1N(C(=O)[C@@H](O)[C@H](Cc2ccccc2)NC(=O)c2cccc(OC(=O)c3cccnc3)c2)CSC1(C)C. The summed E-state index contributed by atoms with van der Waals surface area (Å²) in [7, 11) is 0. The van der Waals surface area contributed by atoms with E-state index in [1.165, 1.54) is 47.3 Å². The normalized spacial score (nSPS) is 16.9. The topological polar surface area (TPSA) is 138 Å². The van der Waals surface area contributed by atoms with Gasteiger partial charge in [0.25, 0.3) is 11.8 Å². The Bertz CT molecular complexity index is 1470. The molecule has 3 N–H and O–H groups in total. The van der Waals surface area contributed by atoms with Gasteiger partial charge in [0.15, 0.2) is 6.10 Å². The third-order valence-corrected chi connectivity index (χ3v) is 8.33. The van der Waals surface area contributed by atoms with Crippen molar-refractivity contribution >= 4 is 35.5 Å². The van der Waals surface area contributed by atoms with Gasteiger partial charge in [-0.1, -0.05) is 42.5 Å². The number of carbonyl (C=O) groups is 4. The zero-order valence-electron chi connectivity index (χ0n) is 23.9. The summed E-state index contributed by atoms with van der Waals surface area (Å²) in [5.74, 6) is -1.89. The molecule has 0 unspecified atom stereocenters. The first-order valence-electron chi connectivity index (χ1n) is 13.7. The Labute approximate surface area is 254 Å². The van der Waals surface area contributed by atoms with Crippen molar-refractivity contribution in [1.29, 1.82) is 0 Å². The number of esters is 1. The summed E-state index contributed by atoms with van der Waals surface area (Å²) in [6.07, 6.45) is 2.95. The third kappa shape index (κ3) is 7.88. The van der Waals surface area contributed by atoms with Gasteiger partial charge >= 0.3 is 5.97 Å². The van der Waals surface area contributed by atoms with Gasteiger partial charge in [-0.15, -0.1) is 18.3 Å². The Balaban J connectivity index is 1.54. The average Bonchev–Trinajstić information content (AvgIpc) is 3.34. The Morgan fingerprint density at radius 1 is 1.12 bits per heavy atom. The molecular weight excluding hydrogens is 568 g/mol. The summed E-state index contributed by atoms with van der Waals surface area (Å²) >= 11 is 1.43. The first kappa shape index (κ1) is 31.5. The van der Waals surface area contributed by atoms with Crippen LogP contribution in [0.2, 0.25) is 0 Å². The van der Waals surface area contributed by atoms with Crippen LogP contribution in [0.15, 0.2) is 91.8 Å². The van der Waals surface area contributed by atoms with Crippen LogP contribution in [0.4, 0.5) is 0 Å². The van der Waals surface area contributed by atoms with Gasteiger partial charge in [0.2, 0.25) is 5.91 Å². The maximum absolute atomic E-state index is 13.7. The van der Waals surface area contributed by atoms with Crippen LogP contribution >= 0.6 is 11.8 Å². The monoisotopic (exact) mass is 602 g/mol. The van der Waals surface area contributed by atoms with Crippen molar-refractivity contribution in [3.63, 3.8) is 0 Å². The van der Waals surface area contributed by atoms with Crippen LogP contribution < -0.4 is 15.4 Å². The molecule has 0 bridgehead atoms. The molecule has 0 radical (unpaired) electrons. The van der Waals surface area contributed by atoms with Crippen LogP contribution in [-0.2, 0) is 16.0 Å². The lowest BCUT2D eigenvalue weighted by molar-refractivity contribution is -0.147. The van der Waals surface area contributed by atoms with E-state index in [1.807, 2.05) is 44.2 Å². The molecule has 224 valence electrons. The number of hydrogen-bond acceptors (Lipinski definition) is 8. The van der Waals surface area contributed by atoms with Crippen molar-refractivity contribution in [3.8, 4) is 5.75 Å². The van der Waals surface area contributed by atoms with E-state index in [-0.39, 0.29) is 41.6 Å². The van der Waals surface area contributed by atoms with E-state index in [4.69, 9.17) is 4.74 Å². The fourth-order valence-electron chi connectivity index (χ4n) is 4.74. The van der Waals surface area contributed by atoms with Crippen LogP contribution in [0.3, 0.4) is 0 Å². The molecule has 4 rings (SSSR count). The summed E-state index contributed by atoms with van der Waals surface area (Å²) in [6, 6.07) is 16.5. The average molecular weight is 603 g/mol. The highest BCUT2D eigenvalue weighted by Gasteiger charge is 2.49. The molecule has 3 amide bonds. The molecule has 3 atom stereocenters. The highest BCUT2D eigenvalue weighted by atomic mass is 32.2. The number of benzene rings is 2. The standard InChI is InChI=1S/C32H34N4O6S/c1-4-15-34-29(39)27-32(2,3)43-20-36(27)30(40)26(37)25(17-21-10-6-5-7-11-21)35-28(38)22-12-8-14-24(18-22)42-31(41)23-13-9-16-33-19-23/h4-14,16,18-19,25-27,37H,1,15,17,20H2,2-3H3,(H,34,39)(H,35,38)/t25-,26-,27+/m0/s1. The van der Waals surface area contributed by atoms with Crippen molar-refractivity contribution in [1.82, 2.24) is 20.5 Å². The highest BCUT2D eigenvalue weighted by Crippen LogP contribution is 2.39. The van der Waals surface area contributed by atoms with Crippen LogP contribution in [0.1, 0.15) is 40.1 Å². The molecule has 0 saturated carbocycles. The number of aliphatic hydroxyl groups excluding tert-OH is 1. The van der Waals surface area contributed by atoms with Gasteiger partial charge in [-0.3, -0.25) is 19.4 Å². The van der Waals surface area contributed by atoms with Gasteiger partial charge in [0, 0.05) is 29.2 Å². The molecule has 1 saturated heterocycles. The van der Waals surface area contributed by atoms with Gasteiger partial charge in [0.1, 0.15) is 11.8 Å². The van der Waals surface area contributed by atoms with Gasteiger partial charge in [-0.05, 0) is 56.2 Å². The number of carbonyl (C=O) groups excluding carboxylic acids is 4. The van der Waals surface area contributed by atoms with Gasteiger partial charge in [0.05, 0.1) is 17.5 Å². The van der Waals surface area contributed by atoms with Crippen LogP contribution in [-0.4, -0.2) is 74.0 Å². The van der Waals surface area contributed by atoms with E-state index in [0.717, 1.165) is 5.56 Å². The van der Waals surface area contributed by atoms with Gasteiger partial charge in [-0.25, -0.2) is 4.79 Å². The number of aliphatic hydroxyl groups is 1. The first-order valence-corrected chi connectivity index (χ1v) is 14.7. The molecule has 10 nitrogen and oxygen atoms in total. The molecule has 1 aliphatic heterocycles. The molecule has 0 spiro atoms. The van der Waals surface area contributed by atoms with E-state index < -0.39 is 40.7 Å². The number of nitrogens with one attached hydrogen (secondary N) is 2. The van der Waals surface area contributed by atoms with Crippen LogP contribution in [0.5, 0.6) is 5.75 Å². The minimum atomic E-state index is -1.65. The fraction of sp³-hybridized carbons (Fsp3) is 0.281. The van der Waals surface area contributed by atoms with Gasteiger partial charge in [-0.2, -0.15) is 0 Å². The lowest BCUT2D eigenvalue weighted by Gasteiger charge is -2.33. The number of aromatic nitrogens is 1. The van der Waals surface area contributed by atoms with E-state index in [0.29, 0.717) is 0 Å². The summed E-state index contributed by atoms with van der Waals surface area (Å²) < 4.78 is 4.81. The predicted molar refractivity (Wildman–Crippen MR) is 163 cm³/mol. The summed E-state index contributed by atoms with van der Waals surface area (Å²) in [5, 5.41) is 16.9. The lowest BCUT2D eigenvalue weighted by Crippen LogP contribution is -2.58. The van der Waals surface area contributed by atoms with Crippen LogP contribution in [0, 0.1) is 0 Å². The number of rotatable bonds is 11. The second-order valence-corrected chi connectivity index (χ2v) is 12.1. The second kappa shape index (κ2) is 14.1. The van der Waals surface area contributed by atoms with E-state index in [1.54, 1.807) is 24.3 Å². The van der Waals surface area contributed by atoms with Crippen molar-refractivity contribution < 1.29 is 29.0 Å². The zero-order valence-corrected chi connectivity index (χ0v) is 24.8. The molecule has 11 heteroatoms. The fourth-order valence-corrected chi connectivity index (χ4v) is 5.88. The molecule has 1 aromatic heterocycles. The zero-order chi connectivity index (χ0) is 31.0. The summed E-state index contributed by atoms with van der Waals surface area (Å²) in [6.45, 7) is 7.59. The van der Waals surface area contributed by atoms with Gasteiger partial charge < -0.3 is 25.4 Å². The Morgan fingerprint density at radius 2 is 1.86 bits per heavy atom.